The molecule has 12 heteroatoms. The SMILES string of the molecule is CCCCNc1ccc(C(=O)OCCOCCOCCOCCOCCOCCOCCN2C(=O)C=CC2=O)cc1. The summed E-state index contributed by atoms with van der Waals surface area (Å²) < 4.78 is 37.7. The summed E-state index contributed by atoms with van der Waals surface area (Å²) in [4.78, 5) is 36.0. The Labute approximate surface area is 242 Å². The third kappa shape index (κ3) is 16.2. The predicted octanol–water partition coefficient (Wildman–Crippen LogP) is 2.08. The minimum Gasteiger partial charge on any atom is -0.460 e. The van der Waals surface area contributed by atoms with E-state index in [-0.39, 0.29) is 37.5 Å². The Hall–Kier alpha value is -2.87. The molecule has 0 aromatic heterocycles. The second-order valence-corrected chi connectivity index (χ2v) is 8.83. The molecular weight excluding hydrogens is 536 g/mol. The molecule has 0 fully saturated rings. The van der Waals surface area contributed by atoms with E-state index in [1.807, 2.05) is 12.1 Å². The number of carbonyl (C=O) groups excluding carboxylic acids is 3. The Morgan fingerprint density at radius 2 is 1.10 bits per heavy atom. The van der Waals surface area contributed by atoms with Crippen LogP contribution in [0.5, 0.6) is 0 Å². The number of amides is 2. The van der Waals surface area contributed by atoms with Gasteiger partial charge < -0.3 is 38.5 Å². The topological polar surface area (TPSA) is 131 Å². The Morgan fingerprint density at radius 1 is 0.659 bits per heavy atom. The maximum absolute atomic E-state index is 12.1. The number of hydrogen-bond acceptors (Lipinski definition) is 11. The third-order valence-corrected chi connectivity index (χ3v) is 5.66. The molecule has 1 heterocycles. The van der Waals surface area contributed by atoms with E-state index in [0.717, 1.165) is 30.0 Å². The molecule has 0 bridgehead atoms. The summed E-state index contributed by atoms with van der Waals surface area (Å²) in [6.45, 7) is 8.33. The highest BCUT2D eigenvalue weighted by atomic mass is 16.6. The van der Waals surface area contributed by atoms with Crippen LogP contribution < -0.4 is 5.32 Å². The van der Waals surface area contributed by atoms with E-state index in [1.165, 1.54) is 12.2 Å². The van der Waals surface area contributed by atoms with Gasteiger partial charge in [0, 0.05) is 24.4 Å². The van der Waals surface area contributed by atoms with E-state index in [4.69, 9.17) is 33.2 Å². The van der Waals surface area contributed by atoms with Gasteiger partial charge in [-0.1, -0.05) is 13.3 Å². The van der Waals surface area contributed by atoms with Gasteiger partial charge in [-0.05, 0) is 30.7 Å². The average Bonchev–Trinajstić information content (AvgIpc) is 3.30. The van der Waals surface area contributed by atoms with E-state index in [1.54, 1.807) is 12.1 Å². The minimum absolute atomic E-state index is 0.181. The average molecular weight is 581 g/mol. The summed E-state index contributed by atoms with van der Waals surface area (Å²) in [7, 11) is 0. The number of carbonyl (C=O) groups is 3. The van der Waals surface area contributed by atoms with Gasteiger partial charge in [0.05, 0.1) is 91.4 Å². The quantitative estimate of drug-likeness (QED) is 0.0982. The maximum Gasteiger partial charge on any atom is 0.338 e. The van der Waals surface area contributed by atoms with Crippen molar-refractivity contribution >= 4 is 23.5 Å². The van der Waals surface area contributed by atoms with Crippen molar-refractivity contribution in [3.63, 3.8) is 0 Å². The molecule has 0 radical (unpaired) electrons. The number of benzene rings is 1. The third-order valence-electron chi connectivity index (χ3n) is 5.66. The Balaban J connectivity index is 1.26. The van der Waals surface area contributed by atoms with E-state index < -0.39 is 0 Å². The molecule has 2 rings (SSSR count). The zero-order valence-corrected chi connectivity index (χ0v) is 24.0. The number of rotatable bonds is 26. The van der Waals surface area contributed by atoms with Crippen LogP contribution in [-0.4, -0.2) is 122 Å². The van der Waals surface area contributed by atoms with E-state index in [0.29, 0.717) is 78.2 Å². The molecule has 0 atom stereocenters. The smallest absolute Gasteiger partial charge is 0.338 e. The second kappa shape index (κ2) is 22.8. The van der Waals surface area contributed by atoms with Gasteiger partial charge in [0.2, 0.25) is 0 Å². The molecule has 0 spiro atoms. The molecule has 2 amide bonds. The number of imide groups is 1. The number of unbranched alkanes of at least 4 members (excludes halogenated alkanes) is 1. The molecule has 1 aromatic rings. The Morgan fingerprint density at radius 3 is 1.56 bits per heavy atom. The predicted molar refractivity (Wildman–Crippen MR) is 151 cm³/mol. The van der Waals surface area contributed by atoms with Crippen molar-refractivity contribution < 1.29 is 47.5 Å². The molecule has 0 aliphatic carbocycles. The molecule has 1 aromatic carbocycles. The van der Waals surface area contributed by atoms with Crippen LogP contribution in [0.15, 0.2) is 36.4 Å². The van der Waals surface area contributed by atoms with Crippen molar-refractivity contribution in [3.05, 3.63) is 42.0 Å². The van der Waals surface area contributed by atoms with Crippen molar-refractivity contribution in [2.24, 2.45) is 0 Å². The molecule has 0 unspecified atom stereocenters. The van der Waals surface area contributed by atoms with Gasteiger partial charge in [-0.15, -0.1) is 0 Å². The molecule has 12 nitrogen and oxygen atoms in total. The van der Waals surface area contributed by atoms with Crippen LogP contribution in [-0.2, 0) is 42.7 Å². The van der Waals surface area contributed by atoms with Gasteiger partial charge in [0.25, 0.3) is 11.8 Å². The number of nitrogens with zero attached hydrogens (tertiary/aromatic N) is 1. The molecular formula is C29H44N2O10. The Kier molecular flexibility index (Phi) is 19.1. The first-order chi connectivity index (χ1) is 20.1. The fraction of sp³-hybridized carbons (Fsp3) is 0.621. The van der Waals surface area contributed by atoms with E-state index >= 15 is 0 Å². The molecule has 0 saturated carbocycles. The van der Waals surface area contributed by atoms with Crippen LogP contribution >= 0.6 is 0 Å². The lowest BCUT2D eigenvalue weighted by atomic mass is 10.2. The monoisotopic (exact) mass is 580 g/mol. The summed E-state index contributed by atoms with van der Waals surface area (Å²) in [5.74, 6) is -0.989. The lowest BCUT2D eigenvalue weighted by Gasteiger charge is -2.13. The van der Waals surface area contributed by atoms with Gasteiger partial charge in [0.1, 0.15) is 6.61 Å². The first-order valence-corrected chi connectivity index (χ1v) is 14.1. The zero-order valence-electron chi connectivity index (χ0n) is 24.0. The first kappa shape index (κ1) is 34.3. The normalized spacial score (nSPS) is 12.9. The van der Waals surface area contributed by atoms with Gasteiger partial charge in [-0.3, -0.25) is 14.5 Å². The lowest BCUT2D eigenvalue weighted by Crippen LogP contribution is -2.33. The number of anilines is 1. The molecule has 1 aliphatic heterocycles. The van der Waals surface area contributed by atoms with Crippen LogP contribution in [0.25, 0.3) is 0 Å². The highest BCUT2D eigenvalue weighted by Crippen LogP contribution is 2.11. The van der Waals surface area contributed by atoms with Gasteiger partial charge >= 0.3 is 5.97 Å². The highest BCUT2D eigenvalue weighted by molar-refractivity contribution is 6.12. The standard InChI is InChI=1S/C29H44N2O10/c1-2-3-10-30-26-6-4-25(5-7-26)29(34)41-24-23-40-22-21-39-20-19-38-18-17-37-16-15-36-14-13-35-12-11-31-27(32)8-9-28(31)33/h4-9,30H,2-3,10-24H2,1H3. The van der Waals surface area contributed by atoms with Gasteiger partial charge in [-0.25, -0.2) is 4.79 Å². The fourth-order valence-electron chi connectivity index (χ4n) is 3.42. The van der Waals surface area contributed by atoms with Crippen LogP contribution in [0.3, 0.4) is 0 Å². The minimum atomic E-state index is -0.369. The van der Waals surface area contributed by atoms with Crippen molar-refractivity contribution in [1.29, 1.82) is 0 Å². The lowest BCUT2D eigenvalue weighted by molar-refractivity contribution is -0.137. The first-order valence-electron chi connectivity index (χ1n) is 14.1. The van der Waals surface area contributed by atoms with Crippen LogP contribution in [0, 0.1) is 0 Å². The van der Waals surface area contributed by atoms with E-state index in [2.05, 4.69) is 12.2 Å². The number of nitrogens with one attached hydrogen (secondary N) is 1. The van der Waals surface area contributed by atoms with Crippen LogP contribution in [0.2, 0.25) is 0 Å². The summed E-state index contributed by atoms with van der Waals surface area (Å²) >= 11 is 0. The molecule has 0 saturated heterocycles. The number of esters is 1. The van der Waals surface area contributed by atoms with Crippen molar-refractivity contribution in [2.75, 3.05) is 104 Å². The van der Waals surface area contributed by atoms with Crippen LogP contribution in [0.4, 0.5) is 5.69 Å². The van der Waals surface area contributed by atoms with E-state index in [9.17, 15) is 14.4 Å². The summed E-state index contributed by atoms with van der Waals surface area (Å²) in [5.41, 5.74) is 1.50. The largest absolute Gasteiger partial charge is 0.460 e. The number of hydrogen-bond donors (Lipinski definition) is 1. The van der Waals surface area contributed by atoms with Crippen molar-refractivity contribution in [2.45, 2.75) is 19.8 Å². The zero-order chi connectivity index (χ0) is 29.4. The summed E-state index contributed by atoms with van der Waals surface area (Å²) in [6.07, 6.45) is 4.74. The van der Waals surface area contributed by atoms with Crippen LogP contribution in [0.1, 0.15) is 30.1 Å². The maximum atomic E-state index is 12.1. The second-order valence-electron chi connectivity index (χ2n) is 8.83. The summed E-state index contributed by atoms with van der Waals surface area (Å²) in [6, 6.07) is 7.26. The summed E-state index contributed by atoms with van der Waals surface area (Å²) in [5, 5.41) is 3.31. The van der Waals surface area contributed by atoms with Gasteiger partial charge in [-0.2, -0.15) is 0 Å². The van der Waals surface area contributed by atoms with Crippen molar-refractivity contribution in [1.82, 2.24) is 4.90 Å². The molecule has 1 N–H and O–H groups in total. The van der Waals surface area contributed by atoms with Crippen molar-refractivity contribution in [3.8, 4) is 0 Å². The molecule has 41 heavy (non-hydrogen) atoms. The Bertz CT molecular complexity index is 876. The fourth-order valence-corrected chi connectivity index (χ4v) is 3.42. The number of ether oxygens (including phenoxy) is 7. The molecule has 230 valence electrons. The highest BCUT2D eigenvalue weighted by Gasteiger charge is 2.22. The molecule has 1 aliphatic rings. The van der Waals surface area contributed by atoms with Gasteiger partial charge in [0.15, 0.2) is 0 Å².